The van der Waals surface area contributed by atoms with Crippen molar-refractivity contribution in [2.75, 3.05) is 0 Å². The molecule has 0 aromatic heterocycles. The summed E-state index contributed by atoms with van der Waals surface area (Å²) in [5, 5.41) is 6.72. The molecule has 0 aliphatic heterocycles. The average molecular weight is 402 g/mol. The maximum atomic E-state index is 12.3. The summed E-state index contributed by atoms with van der Waals surface area (Å²) < 4.78 is 0.970. The summed E-state index contributed by atoms with van der Waals surface area (Å²) in [5.74, 6) is -0.713. The zero-order valence-electron chi connectivity index (χ0n) is 14.1. The number of benzene rings is 2. The first-order valence-electron chi connectivity index (χ1n) is 7.92. The Balaban J connectivity index is 1.98. The predicted molar refractivity (Wildman–Crippen MR) is 102 cm³/mol. The lowest BCUT2D eigenvalue weighted by molar-refractivity contribution is -0.123. The van der Waals surface area contributed by atoms with E-state index in [2.05, 4.69) is 31.8 Å². The van der Waals surface area contributed by atoms with E-state index >= 15 is 0 Å². The molecule has 25 heavy (non-hydrogen) atoms. The molecule has 0 saturated heterocycles. The van der Waals surface area contributed by atoms with Crippen LogP contribution in [0.5, 0.6) is 0 Å². The molecule has 2 N–H and O–H groups in total. The normalized spacial score (nSPS) is 12.2. The van der Waals surface area contributed by atoms with Crippen molar-refractivity contribution in [3.05, 3.63) is 70.2 Å². The minimum absolute atomic E-state index is 0.0736. The summed E-state index contributed by atoms with van der Waals surface area (Å²) in [6.07, 6.45) is 1.56. The Bertz CT molecular complexity index is 743. The van der Waals surface area contributed by atoms with Crippen LogP contribution in [0, 0.1) is 5.92 Å². The highest BCUT2D eigenvalue weighted by molar-refractivity contribution is 9.10. The predicted octanol–water partition coefficient (Wildman–Crippen LogP) is 3.35. The summed E-state index contributed by atoms with van der Waals surface area (Å²) in [4.78, 5) is 24.6. The van der Waals surface area contributed by atoms with Crippen molar-refractivity contribution in [2.24, 2.45) is 11.0 Å². The van der Waals surface area contributed by atoms with Crippen molar-refractivity contribution in [2.45, 2.75) is 19.9 Å². The molecular formula is C19H20BrN3O2. The molecular weight excluding hydrogens is 382 g/mol. The molecule has 0 heterocycles. The van der Waals surface area contributed by atoms with Crippen LogP contribution in [0.25, 0.3) is 0 Å². The van der Waals surface area contributed by atoms with E-state index in [4.69, 9.17) is 0 Å². The number of hydrazone groups is 1. The van der Waals surface area contributed by atoms with Crippen LogP contribution in [-0.4, -0.2) is 24.1 Å². The fourth-order valence-electron chi connectivity index (χ4n) is 2.14. The second kappa shape index (κ2) is 9.13. The van der Waals surface area contributed by atoms with Gasteiger partial charge in [0.15, 0.2) is 0 Å². The third-order valence-electron chi connectivity index (χ3n) is 3.53. The third kappa shape index (κ3) is 5.83. The maximum Gasteiger partial charge on any atom is 0.262 e. The van der Waals surface area contributed by atoms with E-state index in [0.29, 0.717) is 5.56 Å². The summed E-state index contributed by atoms with van der Waals surface area (Å²) in [6.45, 7) is 3.74. The number of nitrogens with one attached hydrogen (secondary N) is 2. The van der Waals surface area contributed by atoms with E-state index in [1.54, 1.807) is 30.5 Å². The van der Waals surface area contributed by atoms with Crippen LogP contribution >= 0.6 is 15.9 Å². The molecule has 2 amide bonds. The van der Waals surface area contributed by atoms with Gasteiger partial charge in [0, 0.05) is 10.0 Å². The molecule has 0 bridgehead atoms. The van der Waals surface area contributed by atoms with Crippen LogP contribution in [-0.2, 0) is 4.79 Å². The standard InChI is InChI=1S/C19H20BrN3O2/c1-13(2)17(22-18(24)15-6-4-3-5-7-15)19(25)23-21-12-14-8-10-16(20)11-9-14/h3-13,17H,1-2H3,(H,22,24)(H,23,25)/b21-12-/t17-/m0/s1. The molecule has 0 unspecified atom stereocenters. The van der Waals surface area contributed by atoms with Gasteiger partial charge >= 0.3 is 0 Å². The molecule has 2 aromatic rings. The van der Waals surface area contributed by atoms with Crippen molar-refractivity contribution in [3.63, 3.8) is 0 Å². The van der Waals surface area contributed by atoms with Crippen LogP contribution < -0.4 is 10.7 Å². The molecule has 1 atom stereocenters. The van der Waals surface area contributed by atoms with Gasteiger partial charge < -0.3 is 5.32 Å². The Morgan fingerprint density at radius 1 is 1.04 bits per heavy atom. The highest BCUT2D eigenvalue weighted by atomic mass is 79.9. The Morgan fingerprint density at radius 2 is 1.68 bits per heavy atom. The van der Waals surface area contributed by atoms with Crippen LogP contribution in [0.2, 0.25) is 0 Å². The van der Waals surface area contributed by atoms with Crippen LogP contribution in [0.15, 0.2) is 64.2 Å². The zero-order chi connectivity index (χ0) is 18.2. The first kappa shape index (κ1) is 18.9. The number of amides is 2. The van der Waals surface area contributed by atoms with E-state index in [-0.39, 0.29) is 17.7 Å². The highest BCUT2D eigenvalue weighted by Crippen LogP contribution is 2.09. The first-order chi connectivity index (χ1) is 12.0. The topological polar surface area (TPSA) is 70.6 Å². The molecule has 2 rings (SSSR count). The van der Waals surface area contributed by atoms with Gasteiger partial charge in [-0.15, -0.1) is 0 Å². The third-order valence-corrected chi connectivity index (χ3v) is 4.06. The van der Waals surface area contributed by atoms with E-state index in [1.165, 1.54) is 0 Å². The molecule has 2 aromatic carbocycles. The van der Waals surface area contributed by atoms with Gasteiger partial charge in [-0.25, -0.2) is 5.43 Å². The second-order valence-electron chi connectivity index (χ2n) is 5.85. The number of halogens is 1. The number of nitrogens with zero attached hydrogens (tertiary/aromatic N) is 1. The van der Waals surface area contributed by atoms with Crippen molar-refractivity contribution in [1.29, 1.82) is 0 Å². The van der Waals surface area contributed by atoms with Crippen LogP contribution in [0.3, 0.4) is 0 Å². The highest BCUT2D eigenvalue weighted by Gasteiger charge is 2.24. The van der Waals surface area contributed by atoms with Crippen molar-refractivity contribution in [1.82, 2.24) is 10.7 Å². The maximum absolute atomic E-state index is 12.3. The minimum atomic E-state index is -0.672. The molecule has 0 spiro atoms. The quantitative estimate of drug-likeness (QED) is 0.575. The Kier molecular flexibility index (Phi) is 6.89. The fraction of sp³-hybridized carbons (Fsp3) is 0.211. The van der Waals surface area contributed by atoms with Gasteiger partial charge in [0.1, 0.15) is 6.04 Å². The molecule has 130 valence electrons. The van der Waals surface area contributed by atoms with Gasteiger partial charge in [0.05, 0.1) is 6.21 Å². The molecule has 0 saturated carbocycles. The first-order valence-corrected chi connectivity index (χ1v) is 8.71. The average Bonchev–Trinajstić information content (AvgIpc) is 2.61. The lowest BCUT2D eigenvalue weighted by atomic mass is 10.0. The van der Waals surface area contributed by atoms with Crippen molar-refractivity contribution < 1.29 is 9.59 Å². The number of hydrogen-bond acceptors (Lipinski definition) is 3. The molecule has 0 radical (unpaired) electrons. The van der Waals surface area contributed by atoms with E-state index < -0.39 is 6.04 Å². The lowest BCUT2D eigenvalue weighted by Crippen LogP contribution is -2.48. The van der Waals surface area contributed by atoms with E-state index in [9.17, 15) is 9.59 Å². The SMILES string of the molecule is CC(C)[C@H](NC(=O)c1ccccc1)C(=O)N/N=C\c1ccc(Br)cc1. The summed E-state index contributed by atoms with van der Waals surface area (Å²) in [6, 6.07) is 15.7. The zero-order valence-corrected chi connectivity index (χ0v) is 15.7. The van der Waals surface area contributed by atoms with Gasteiger partial charge in [0.2, 0.25) is 0 Å². The number of carbonyl (C=O) groups excluding carboxylic acids is 2. The lowest BCUT2D eigenvalue weighted by Gasteiger charge is -2.20. The summed E-state index contributed by atoms with van der Waals surface area (Å²) in [5.41, 5.74) is 3.86. The van der Waals surface area contributed by atoms with E-state index in [1.807, 2.05) is 44.2 Å². The fourth-order valence-corrected chi connectivity index (χ4v) is 2.40. The van der Waals surface area contributed by atoms with Crippen molar-refractivity contribution in [3.8, 4) is 0 Å². The smallest absolute Gasteiger partial charge is 0.262 e. The van der Waals surface area contributed by atoms with Gasteiger partial charge in [-0.2, -0.15) is 5.10 Å². The summed E-state index contributed by atoms with van der Waals surface area (Å²) >= 11 is 3.36. The van der Waals surface area contributed by atoms with Crippen LogP contribution in [0.4, 0.5) is 0 Å². The Hall–Kier alpha value is -2.47. The molecule has 0 aliphatic rings. The van der Waals surface area contributed by atoms with Crippen LogP contribution in [0.1, 0.15) is 29.8 Å². The Morgan fingerprint density at radius 3 is 2.28 bits per heavy atom. The molecule has 0 fully saturated rings. The van der Waals surface area contributed by atoms with Gasteiger partial charge in [-0.3, -0.25) is 9.59 Å². The number of hydrogen-bond donors (Lipinski definition) is 2. The molecule has 0 aliphatic carbocycles. The number of carbonyl (C=O) groups is 2. The van der Waals surface area contributed by atoms with Gasteiger partial charge in [-0.1, -0.05) is 60.1 Å². The van der Waals surface area contributed by atoms with Crippen molar-refractivity contribution >= 4 is 34.0 Å². The van der Waals surface area contributed by atoms with E-state index in [0.717, 1.165) is 10.0 Å². The van der Waals surface area contributed by atoms with Gasteiger partial charge in [0.25, 0.3) is 11.8 Å². The largest absolute Gasteiger partial charge is 0.340 e. The Labute approximate surface area is 155 Å². The monoisotopic (exact) mass is 401 g/mol. The number of rotatable bonds is 6. The second-order valence-corrected chi connectivity index (χ2v) is 6.76. The van der Waals surface area contributed by atoms with Gasteiger partial charge in [-0.05, 0) is 35.7 Å². The minimum Gasteiger partial charge on any atom is -0.340 e. The summed E-state index contributed by atoms with van der Waals surface area (Å²) in [7, 11) is 0. The molecule has 5 nitrogen and oxygen atoms in total. The molecule has 6 heteroatoms.